The van der Waals surface area contributed by atoms with Gasteiger partial charge in [-0.15, -0.1) is 0 Å². The van der Waals surface area contributed by atoms with Crippen LogP contribution in [0.15, 0.2) is 83.7 Å². The lowest BCUT2D eigenvalue weighted by molar-refractivity contribution is -0.190. The molecule has 0 N–H and O–H groups in total. The van der Waals surface area contributed by atoms with Gasteiger partial charge in [-0.3, -0.25) is 9.59 Å². The van der Waals surface area contributed by atoms with Crippen LogP contribution in [-0.2, 0) is 52.1 Å². The minimum atomic E-state index is -1.92. The van der Waals surface area contributed by atoms with Gasteiger partial charge in [0, 0.05) is 33.9 Å². The van der Waals surface area contributed by atoms with Crippen molar-refractivity contribution in [3.63, 3.8) is 0 Å². The summed E-state index contributed by atoms with van der Waals surface area (Å²) in [4.78, 5) is 73.8. The first-order chi connectivity index (χ1) is 33.4. The number of hydrogen-bond donors (Lipinski definition) is 0. The van der Waals surface area contributed by atoms with Gasteiger partial charge in [0.15, 0.2) is 29.6 Å². The van der Waals surface area contributed by atoms with Crippen molar-refractivity contribution in [3.8, 4) is 45.9 Å². The van der Waals surface area contributed by atoms with Gasteiger partial charge in [-0.1, -0.05) is 18.6 Å². The number of carbonyl (C=O) groups excluding carboxylic acids is 4. The third-order valence-electron chi connectivity index (χ3n) is 13.8. The highest BCUT2D eigenvalue weighted by atomic mass is 16.7. The number of esters is 4. The standard InChI is InChI=1S/C52H44N2O15/c1-6-52(35-19-37-45-29(14-27-13-25(2)7-12-36(27)53-45)20-54(37)48(56)33(35)21-65-51(52)59)69-42(55)23-63-30-10-8-26(9-11-30)49(57)68-46-32-18-39-38(66-24-67-39)17-31(32)43(44-34(46)22-64-50(44)58)28-15-40(60-3)47(62-5)41(16-28)61-4/h7-19,34,43-44,46H,6,20-24H2,1-5H3/t34-,43+,44+,46?,52?/m1/s1. The van der Waals surface area contributed by atoms with E-state index in [4.69, 9.17) is 52.4 Å². The molecule has 5 atom stereocenters. The molecule has 2 aromatic heterocycles. The zero-order chi connectivity index (χ0) is 47.9. The van der Waals surface area contributed by atoms with Crippen LogP contribution in [-0.4, -0.2) is 74.8 Å². The van der Waals surface area contributed by atoms with E-state index in [9.17, 15) is 24.0 Å². The third kappa shape index (κ3) is 6.96. The van der Waals surface area contributed by atoms with Gasteiger partial charge in [0.1, 0.15) is 18.5 Å². The number of nitrogens with zero attached hydrogens (tertiary/aromatic N) is 2. The molecule has 17 heteroatoms. The maximum Gasteiger partial charge on any atom is 0.355 e. The molecule has 0 radical (unpaired) electrons. The van der Waals surface area contributed by atoms with Crippen molar-refractivity contribution in [2.75, 3.05) is 41.3 Å². The summed E-state index contributed by atoms with van der Waals surface area (Å²) in [6, 6.07) is 22.7. The Morgan fingerprint density at radius 2 is 1.58 bits per heavy atom. The number of cyclic esters (lactones) is 2. The second kappa shape index (κ2) is 16.6. The van der Waals surface area contributed by atoms with Crippen molar-refractivity contribution >= 4 is 34.8 Å². The molecule has 0 saturated carbocycles. The van der Waals surface area contributed by atoms with Crippen molar-refractivity contribution in [1.29, 1.82) is 0 Å². The number of hydrogen-bond acceptors (Lipinski definition) is 16. The highest BCUT2D eigenvalue weighted by Gasteiger charge is 2.55. The lowest BCUT2D eigenvalue weighted by Crippen LogP contribution is -2.48. The highest BCUT2D eigenvalue weighted by Crippen LogP contribution is 2.57. The van der Waals surface area contributed by atoms with Crippen molar-refractivity contribution < 1.29 is 66.5 Å². The minimum absolute atomic E-state index is 0.00713. The molecule has 0 amide bonds. The molecule has 1 fully saturated rings. The molecule has 4 aromatic carbocycles. The van der Waals surface area contributed by atoms with Crippen molar-refractivity contribution in [3.05, 3.63) is 134 Å². The number of aromatic nitrogens is 2. The first kappa shape index (κ1) is 43.5. The number of rotatable bonds is 11. The smallest absolute Gasteiger partial charge is 0.355 e. The van der Waals surface area contributed by atoms with E-state index in [2.05, 4.69) is 0 Å². The second-order valence-electron chi connectivity index (χ2n) is 17.5. The van der Waals surface area contributed by atoms with Gasteiger partial charge in [-0.25, -0.2) is 19.4 Å². The molecular formula is C52H44N2O15. The van der Waals surface area contributed by atoms with Crippen LogP contribution in [0.4, 0.5) is 0 Å². The molecule has 1 aliphatic carbocycles. The summed E-state index contributed by atoms with van der Waals surface area (Å²) in [5.41, 5.74) is 4.12. The molecule has 1 saturated heterocycles. The van der Waals surface area contributed by atoms with Crippen LogP contribution < -0.4 is 34.0 Å². The first-order valence-electron chi connectivity index (χ1n) is 22.3. The fourth-order valence-electron chi connectivity index (χ4n) is 10.4. The molecule has 352 valence electrons. The predicted molar refractivity (Wildman–Crippen MR) is 242 cm³/mol. The van der Waals surface area contributed by atoms with Crippen LogP contribution in [0.25, 0.3) is 22.3 Å². The molecule has 2 unspecified atom stereocenters. The van der Waals surface area contributed by atoms with Gasteiger partial charge >= 0.3 is 23.9 Å². The van der Waals surface area contributed by atoms with E-state index in [1.54, 1.807) is 41.8 Å². The minimum Gasteiger partial charge on any atom is -0.493 e. The lowest BCUT2D eigenvalue weighted by atomic mass is 9.66. The summed E-state index contributed by atoms with van der Waals surface area (Å²) in [5.74, 6) is -2.48. The Labute approximate surface area is 393 Å². The van der Waals surface area contributed by atoms with Crippen LogP contribution >= 0.6 is 0 Å². The number of carbonyl (C=O) groups is 4. The van der Waals surface area contributed by atoms with Crippen LogP contribution in [0.2, 0.25) is 0 Å². The molecule has 0 bridgehead atoms. The Morgan fingerprint density at radius 1 is 0.841 bits per heavy atom. The summed E-state index contributed by atoms with van der Waals surface area (Å²) in [7, 11) is 4.52. The molecule has 6 heterocycles. The number of benzene rings is 4. The number of methoxy groups -OCH3 is 3. The van der Waals surface area contributed by atoms with Crippen molar-refractivity contribution in [2.45, 2.75) is 51.0 Å². The zero-order valence-corrected chi connectivity index (χ0v) is 38.1. The summed E-state index contributed by atoms with van der Waals surface area (Å²) in [6.45, 7) is 3.05. The second-order valence-corrected chi connectivity index (χ2v) is 17.5. The van der Waals surface area contributed by atoms with Gasteiger partial charge < -0.3 is 51.9 Å². The van der Waals surface area contributed by atoms with Crippen molar-refractivity contribution in [2.24, 2.45) is 11.8 Å². The van der Waals surface area contributed by atoms with Gasteiger partial charge in [-0.2, -0.15) is 0 Å². The average molecular weight is 937 g/mol. The Kier molecular flexibility index (Phi) is 10.5. The largest absolute Gasteiger partial charge is 0.493 e. The van der Waals surface area contributed by atoms with E-state index < -0.39 is 59.9 Å². The van der Waals surface area contributed by atoms with Gasteiger partial charge in [0.2, 0.25) is 18.1 Å². The molecule has 4 aliphatic heterocycles. The Bertz CT molecular complexity index is 3210. The van der Waals surface area contributed by atoms with E-state index in [1.165, 1.54) is 45.6 Å². The molecule has 11 rings (SSSR count). The summed E-state index contributed by atoms with van der Waals surface area (Å²) < 4.78 is 59.2. The van der Waals surface area contributed by atoms with Crippen LogP contribution in [0.3, 0.4) is 0 Å². The number of pyridine rings is 2. The Morgan fingerprint density at radius 3 is 2.29 bits per heavy atom. The molecule has 5 aliphatic rings. The molecule has 69 heavy (non-hydrogen) atoms. The van der Waals surface area contributed by atoms with E-state index in [0.29, 0.717) is 63.4 Å². The maximum absolute atomic E-state index is 14.0. The number of aryl methyl sites for hydroxylation is 1. The number of fused-ring (bicyclic) bond motifs is 8. The van der Waals surface area contributed by atoms with Gasteiger partial charge in [-0.05, 0) is 97.3 Å². The Hall–Kier alpha value is -8.08. The number of ether oxygens (including phenoxy) is 10. The molecule has 0 spiro atoms. The fraction of sp³-hybridized carbons (Fsp3) is 0.308. The first-order valence-corrected chi connectivity index (χ1v) is 22.3. The lowest BCUT2D eigenvalue weighted by Gasteiger charge is -2.38. The van der Waals surface area contributed by atoms with Crippen LogP contribution in [0.5, 0.6) is 34.5 Å². The highest BCUT2D eigenvalue weighted by molar-refractivity contribution is 5.91. The van der Waals surface area contributed by atoms with Crippen molar-refractivity contribution in [1.82, 2.24) is 9.55 Å². The topological polar surface area (TPSA) is 195 Å². The fourth-order valence-corrected chi connectivity index (χ4v) is 10.4. The van der Waals surface area contributed by atoms with E-state index in [1.807, 2.05) is 31.2 Å². The van der Waals surface area contributed by atoms with Crippen LogP contribution in [0, 0.1) is 18.8 Å². The SMILES string of the molecule is CCC1(OC(=O)COc2ccc(C(=O)OC3c4cc5c(cc4[C@H](c4cc(OC)c(OC)c(OC)c4)[C@H]4C(=O)OC[C@@H]34)OCO5)cc2)C(=O)OCc2c1cc1n(c2=O)Cc2cc3cc(C)ccc3nc2-1. The van der Waals surface area contributed by atoms with E-state index in [0.717, 1.165) is 22.0 Å². The molecule has 6 aromatic rings. The monoisotopic (exact) mass is 936 g/mol. The zero-order valence-electron chi connectivity index (χ0n) is 38.1. The Balaban J connectivity index is 0.824. The average Bonchev–Trinajstić information content (AvgIpc) is 4.09. The van der Waals surface area contributed by atoms with Gasteiger partial charge in [0.25, 0.3) is 5.56 Å². The van der Waals surface area contributed by atoms with Crippen LogP contribution in [0.1, 0.15) is 74.7 Å². The normalized spacial score (nSPS) is 21.2. The quantitative estimate of drug-likeness (QED) is 0.0993. The molecular weight excluding hydrogens is 893 g/mol. The van der Waals surface area contributed by atoms with Gasteiger partial charge in [0.05, 0.1) is 68.4 Å². The molecule has 17 nitrogen and oxygen atoms in total. The summed E-state index contributed by atoms with van der Waals surface area (Å²) in [6.07, 6.45) is -0.957. The summed E-state index contributed by atoms with van der Waals surface area (Å²) >= 11 is 0. The third-order valence-corrected chi connectivity index (χ3v) is 13.8. The predicted octanol–water partition coefficient (Wildman–Crippen LogP) is 6.61. The maximum atomic E-state index is 14.0. The van der Waals surface area contributed by atoms with E-state index >= 15 is 0 Å². The summed E-state index contributed by atoms with van der Waals surface area (Å²) in [5, 5.41) is 0.949. The van der Waals surface area contributed by atoms with E-state index in [-0.39, 0.29) is 54.4 Å².